The number of benzene rings is 1. The lowest BCUT2D eigenvalue weighted by atomic mass is 9.78. The van der Waals surface area contributed by atoms with Gasteiger partial charge in [0.1, 0.15) is 13.3 Å². The lowest BCUT2D eigenvalue weighted by Crippen LogP contribution is -2.41. The number of nitrogens with one attached hydrogen (secondary N) is 1. The molecule has 39 heavy (non-hydrogen) atoms. The number of ether oxygens (including phenoxy) is 1. The second kappa shape index (κ2) is 12.4. The van der Waals surface area contributed by atoms with Crippen molar-refractivity contribution in [2.45, 2.75) is 56.3 Å². The van der Waals surface area contributed by atoms with E-state index in [9.17, 15) is 32.3 Å². The number of alkyl halides is 4. The molecule has 0 bridgehead atoms. The first-order chi connectivity index (χ1) is 18.6. The summed E-state index contributed by atoms with van der Waals surface area (Å²) >= 11 is 0. The summed E-state index contributed by atoms with van der Waals surface area (Å²) in [4.78, 5) is 35.2. The molecule has 2 N–H and O–H groups in total. The van der Waals surface area contributed by atoms with E-state index in [2.05, 4.69) is 20.2 Å². The molecule has 1 aliphatic heterocycles. The average Bonchev–Trinajstić information content (AvgIpc) is 3.39. The highest BCUT2D eigenvalue weighted by Crippen LogP contribution is 2.39. The van der Waals surface area contributed by atoms with E-state index in [0.29, 0.717) is 18.4 Å². The molecule has 0 spiro atoms. The summed E-state index contributed by atoms with van der Waals surface area (Å²) in [6, 6.07) is 4.45. The van der Waals surface area contributed by atoms with Gasteiger partial charge in [0.25, 0.3) is 5.91 Å². The van der Waals surface area contributed by atoms with Crippen molar-refractivity contribution in [2.75, 3.05) is 32.9 Å². The summed E-state index contributed by atoms with van der Waals surface area (Å²) in [5.41, 5.74) is -1.50. The lowest BCUT2D eigenvalue weighted by molar-refractivity contribution is -0.137. The molecule has 12 heteroatoms. The first-order valence-electron chi connectivity index (χ1n) is 13.0. The Morgan fingerprint density at radius 1 is 1.15 bits per heavy atom. The van der Waals surface area contributed by atoms with Crippen LogP contribution in [0.2, 0.25) is 0 Å². The van der Waals surface area contributed by atoms with Crippen LogP contribution in [0.5, 0.6) is 6.01 Å². The Balaban J connectivity index is 1.20. The molecule has 1 saturated heterocycles. The van der Waals surface area contributed by atoms with Crippen molar-refractivity contribution in [3.05, 3.63) is 53.3 Å². The van der Waals surface area contributed by atoms with Crippen LogP contribution in [0.25, 0.3) is 0 Å². The van der Waals surface area contributed by atoms with E-state index in [1.807, 2.05) is 0 Å². The SMILES string of the molecule is O=C(CNC(=O)c1cccc(C(F)(F)F)c1)C[C@@H]1CCN(C2CCC(O)(c3cnc(OCCF)nc3)CC2)C1. The number of hydrogen-bond acceptors (Lipinski definition) is 7. The standard InChI is InChI=1S/C27H32F4N4O4/c28-9-11-39-25-33-14-21(15-34-25)26(38)7-4-22(5-8-26)35-10-6-18(17-35)12-23(36)16-32-24(37)19-2-1-3-20(13-19)27(29,30)31/h1-3,13-15,18,22,38H,4-12,16-17H2,(H,32,37)/t18-,22?,26?/m0/s1. The molecule has 1 aromatic carbocycles. The molecule has 1 amide bonds. The molecule has 1 saturated carbocycles. The van der Waals surface area contributed by atoms with E-state index in [4.69, 9.17) is 4.74 Å². The fraction of sp³-hybridized carbons (Fsp3) is 0.556. The minimum atomic E-state index is -4.55. The van der Waals surface area contributed by atoms with Gasteiger partial charge in [0.05, 0.1) is 17.7 Å². The van der Waals surface area contributed by atoms with Gasteiger partial charge in [-0.15, -0.1) is 0 Å². The van der Waals surface area contributed by atoms with Crippen molar-refractivity contribution >= 4 is 11.7 Å². The van der Waals surface area contributed by atoms with Crippen molar-refractivity contribution in [2.24, 2.45) is 5.92 Å². The van der Waals surface area contributed by atoms with Crippen LogP contribution in [-0.4, -0.2) is 70.6 Å². The number of hydrogen-bond donors (Lipinski definition) is 2. The Bertz CT molecular complexity index is 1140. The number of halogens is 4. The average molecular weight is 553 g/mol. The third kappa shape index (κ3) is 7.51. The summed E-state index contributed by atoms with van der Waals surface area (Å²) in [5, 5.41) is 13.6. The van der Waals surface area contributed by atoms with Gasteiger partial charge >= 0.3 is 12.2 Å². The number of aromatic nitrogens is 2. The van der Waals surface area contributed by atoms with Gasteiger partial charge in [0, 0.05) is 42.5 Å². The van der Waals surface area contributed by atoms with Gasteiger partial charge in [-0.05, 0) is 62.8 Å². The number of likely N-dealkylation sites (tertiary alicyclic amines) is 1. The van der Waals surface area contributed by atoms with Crippen LogP contribution in [0.1, 0.15) is 60.0 Å². The van der Waals surface area contributed by atoms with E-state index >= 15 is 0 Å². The van der Waals surface area contributed by atoms with Crippen LogP contribution in [0.4, 0.5) is 17.6 Å². The van der Waals surface area contributed by atoms with Crippen LogP contribution in [0.3, 0.4) is 0 Å². The Kier molecular flexibility index (Phi) is 9.16. The highest BCUT2D eigenvalue weighted by molar-refractivity contribution is 5.96. The van der Waals surface area contributed by atoms with E-state index in [1.165, 1.54) is 18.5 Å². The zero-order chi connectivity index (χ0) is 28.0. The smallest absolute Gasteiger partial charge is 0.416 e. The number of Topliss-reactive ketones (excluding diaryl/α,β-unsaturated/α-hetero) is 1. The predicted octanol–water partition coefficient (Wildman–Crippen LogP) is 3.69. The molecule has 2 aromatic rings. The second-order valence-corrected chi connectivity index (χ2v) is 10.2. The molecule has 1 atom stereocenters. The Morgan fingerprint density at radius 3 is 2.54 bits per heavy atom. The maximum Gasteiger partial charge on any atom is 0.416 e. The number of rotatable bonds is 10. The Labute approximate surface area is 223 Å². The molecule has 8 nitrogen and oxygen atoms in total. The number of nitrogens with zero attached hydrogens (tertiary/aromatic N) is 3. The Morgan fingerprint density at radius 2 is 1.87 bits per heavy atom. The number of amides is 1. The lowest BCUT2D eigenvalue weighted by Gasteiger charge is -2.39. The van der Waals surface area contributed by atoms with Gasteiger partial charge in [-0.25, -0.2) is 14.4 Å². The van der Waals surface area contributed by atoms with Crippen molar-refractivity contribution in [3.63, 3.8) is 0 Å². The van der Waals surface area contributed by atoms with E-state index in [1.54, 1.807) is 0 Å². The van der Waals surface area contributed by atoms with Crippen molar-refractivity contribution in [1.29, 1.82) is 0 Å². The third-order valence-electron chi connectivity index (χ3n) is 7.50. The normalized spacial score (nSPS) is 23.9. The molecule has 1 aromatic heterocycles. The Hall–Kier alpha value is -3.12. The second-order valence-electron chi connectivity index (χ2n) is 10.2. The number of carbonyl (C=O) groups is 2. The molecule has 2 heterocycles. The first kappa shape index (κ1) is 28.9. The summed E-state index contributed by atoms with van der Waals surface area (Å²) in [6.45, 7) is 0.577. The highest BCUT2D eigenvalue weighted by Gasteiger charge is 2.39. The maximum atomic E-state index is 12.9. The quantitative estimate of drug-likeness (QED) is 0.434. The molecular formula is C27H32F4N4O4. The van der Waals surface area contributed by atoms with E-state index in [-0.39, 0.29) is 48.9 Å². The zero-order valence-electron chi connectivity index (χ0n) is 21.4. The predicted molar refractivity (Wildman–Crippen MR) is 133 cm³/mol. The molecule has 1 aliphatic carbocycles. The topological polar surface area (TPSA) is 105 Å². The number of ketones is 1. The molecule has 2 aliphatic rings. The van der Waals surface area contributed by atoms with Gasteiger partial charge in [0.15, 0.2) is 5.78 Å². The van der Waals surface area contributed by atoms with Gasteiger partial charge in [0.2, 0.25) is 0 Å². The van der Waals surface area contributed by atoms with Crippen molar-refractivity contribution < 1.29 is 37.0 Å². The number of aliphatic hydroxyl groups is 1. The van der Waals surface area contributed by atoms with Crippen LogP contribution >= 0.6 is 0 Å². The van der Waals surface area contributed by atoms with Crippen LogP contribution in [0, 0.1) is 5.92 Å². The molecule has 2 fully saturated rings. The summed E-state index contributed by atoms with van der Waals surface area (Å²) in [6.07, 6.45) is 2.21. The molecule has 4 rings (SSSR count). The molecular weight excluding hydrogens is 520 g/mol. The molecule has 0 unspecified atom stereocenters. The zero-order valence-corrected chi connectivity index (χ0v) is 21.4. The van der Waals surface area contributed by atoms with E-state index in [0.717, 1.165) is 50.6 Å². The van der Waals surface area contributed by atoms with Gasteiger partial charge in [-0.2, -0.15) is 13.2 Å². The summed E-state index contributed by atoms with van der Waals surface area (Å²) in [7, 11) is 0. The molecule has 212 valence electrons. The largest absolute Gasteiger partial charge is 0.461 e. The highest BCUT2D eigenvalue weighted by atomic mass is 19.4. The fourth-order valence-corrected chi connectivity index (χ4v) is 5.37. The number of carbonyl (C=O) groups excluding carboxylic acids is 2. The summed E-state index contributed by atoms with van der Waals surface area (Å²) in [5.74, 6) is -0.752. The van der Waals surface area contributed by atoms with Gasteiger partial charge in [-0.1, -0.05) is 6.07 Å². The minimum Gasteiger partial charge on any atom is -0.461 e. The fourth-order valence-electron chi connectivity index (χ4n) is 5.37. The first-order valence-corrected chi connectivity index (χ1v) is 13.0. The van der Waals surface area contributed by atoms with Crippen LogP contribution in [0.15, 0.2) is 36.7 Å². The van der Waals surface area contributed by atoms with Gasteiger partial charge < -0.3 is 20.1 Å². The molecule has 0 radical (unpaired) electrons. The van der Waals surface area contributed by atoms with E-state index < -0.39 is 29.9 Å². The minimum absolute atomic E-state index is 0.0709. The van der Waals surface area contributed by atoms with Gasteiger partial charge in [-0.3, -0.25) is 9.59 Å². The van der Waals surface area contributed by atoms with Crippen molar-refractivity contribution in [1.82, 2.24) is 20.2 Å². The summed E-state index contributed by atoms with van der Waals surface area (Å²) < 4.78 is 55.9. The van der Waals surface area contributed by atoms with Crippen molar-refractivity contribution in [3.8, 4) is 6.01 Å². The monoisotopic (exact) mass is 552 g/mol. The van der Waals surface area contributed by atoms with Crippen LogP contribution in [-0.2, 0) is 16.6 Å². The van der Waals surface area contributed by atoms with Crippen LogP contribution < -0.4 is 10.1 Å². The maximum absolute atomic E-state index is 12.9. The third-order valence-corrected chi connectivity index (χ3v) is 7.50.